The van der Waals surface area contributed by atoms with Crippen molar-refractivity contribution in [3.8, 4) is 0 Å². The number of ketones is 1. The molecule has 0 saturated heterocycles. The topological polar surface area (TPSA) is 69.6 Å². The minimum absolute atomic E-state index is 0.0736. The summed E-state index contributed by atoms with van der Waals surface area (Å²) in [5, 5.41) is 12.4. The van der Waals surface area contributed by atoms with Gasteiger partial charge < -0.3 is 10.4 Å². The second-order valence-electron chi connectivity index (χ2n) is 6.92. The lowest BCUT2D eigenvalue weighted by Crippen LogP contribution is -2.32. The van der Waals surface area contributed by atoms with Crippen LogP contribution in [0.5, 0.6) is 0 Å². The van der Waals surface area contributed by atoms with Crippen molar-refractivity contribution >= 4 is 34.6 Å². The molecule has 0 fully saturated rings. The Bertz CT molecular complexity index is 848. The smallest absolute Gasteiger partial charge is 0.252 e. The number of thiophene rings is 1. The molecule has 1 aliphatic heterocycles. The number of nitrogens with zero attached hydrogens (tertiary/aromatic N) is 1. The summed E-state index contributed by atoms with van der Waals surface area (Å²) in [5.41, 5.74) is 2.63. The Hall–Kier alpha value is -1.73. The average molecular weight is 421 g/mol. The van der Waals surface area contributed by atoms with E-state index in [0.29, 0.717) is 17.0 Å². The van der Waals surface area contributed by atoms with Crippen molar-refractivity contribution in [1.82, 2.24) is 10.2 Å². The van der Waals surface area contributed by atoms with E-state index in [-0.39, 0.29) is 31.3 Å². The van der Waals surface area contributed by atoms with E-state index in [1.807, 2.05) is 12.1 Å². The van der Waals surface area contributed by atoms with Gasteiger partial charge in [0.25, 0.3) is 5.91 Å². The van der Waals surface area contributed by atoms with Gasteiger partial charge >= 0.3 is 0 Å². The fourth-order valence-electron chi connectivity index (χ4n) is 3.50. The van der Waals surface area contributed by atoms with Crippen LogP contribution in [0.15, 0.2) is 24.3 Å². The summed E-state index contributed by atoms with van der Waals surface area (Å²) >= 11 is 7.48. The molecule has 1 aromatic heterocycles. The van der Waals surface area contributed by atoms with Gasteiger partial charge in [0.05, 0.1) is 12.2 Å². The highest BCUT2D eigenvalue weighted by atomic mass is 35.5. The van der Waals surface area contributed by atoms with Gasteiger partial charge in [-0.1, -0.05) is 30.7 Å². The molecule has 0 spiro atoms. The van der Waals surface area contributed by atoms with Crippen LogP contribution in [0, 0.1) is 0 Å². The van der Waals surface area contributed by atoms with E-state index in [1.165, 1.54) is 4.88 Å². The van der Waals surface area contributed by atoms with Gasteiger partial charge in [-0.25, -0.2) is 0 Å². The number of hydrogen-bond donors (Lipinski definition) is 2. The van der Waals surface area contributed by atoms with Gasteiger partial charge in [0.15, 0.2) is 0 Å². The van der Waals surface area contributed by atoms with Gasteiger partial charge in [0.1, 0.15) is 5.78 Å². The number of Topliss-reactive ketones (excluding diaryl/α,β-unsaturated/α-hetero) is 1. The first-order valence-corrected chi connectivity index (χ1v) is 10.7. The molecule has 2 aromatic rings. The van der Waals surface area contributed by atoms with Crippen molar-refractivity contribution in [3.05, 3.63) is 55.7 Å². The molecule has 0 radical (unpaired) electrons. The maximum absolute atomic E-state index is 12.7. The van der Waals surface area contributed by atoms with Crippen LogP contribution in [0.3, 0.4) is 0 Å². The van der Waals surface area contributed by atoms with Gasteiger partial charge in [-0.3, -0.25) is 14.5 Å². The van der Waals surface area contributed by atoms with E-state index in [4.69, 9.17) is 16.7 Å². The molecular weight excluding hydrogens is 396 g/mol. The van der Waals surface area contributed by atoms with Crippen LogP contribution in [-0.2, 0) is 30.6 Å². The van der Waals surface area contributed by atoms with E-state index >= 15 is 0 Å². The molecular formula is C21H25ClN2O3S. The van der Waals surface area contributed by atoms with E-state index < -0.39 is 0 Å². The van der Waals surface area contributed by atoms with E-state index in [2.05, 4.69) is 17.1 Å². The van der Waals surface area contributed by atoms with Gasteiger partial charge in [-0.15, -0.1) is 11.3 Å². The van der Waals surface area contributed by atoms with Gasteiger partial charge in [-0.2, -0.15) is 0 Å². The normalized spacial score (nSPS) is 14.0. The number of nitrogens with one attached hydrogen (secondary N) is 1. The summed E-state index contributed by atoms with van der Waals surface area (Å²) in [5.74, 6) is -0.115. The Morgan fingerprint density at radius 3 is 2.68 bits per heavy atom. The summed E-state index contributed by atoms with van der Waals surface area (Å²) in [7, 11) is 0. The van der Waals surface area contributed by atoms with E-state index in [1.54, 1.807) is 23.5 Å². The third-order valence-corrected chi connectivity index (χ3v) is 6.42. The summed E-state index contributed by atoms with van der Waals surface area (Å²) in [6.07, 6.45) is 1.37. The number of carbonyl (C=O) groups is 2. The third kappa shape index (κ3) is 5.00. The molecule has 3 rings (SSSR count). The molecule has 5 nitrogen and oxygen atoms in total. The zero-order chi connectivity index (χ0) is 20.1. The molecule has 0 saturated carbocycles. The summed E-state index contributed by atoms with van der Waals surface area (Å²) < 4.78 is 0. The first kappa shape index (κ1) is 21.0. The maximum atomic E-state index is 12.7. The second-order valence-corrected chi connectivity index (χ2v) is 8.55. The highest BCUT2D eigenvalue weighted by Gasteiger charge is 2.28. The Balaban J connectivity index is 1.82. The van der Waals surface area contributed by atoms with Crippen LogP contribution in [0.2, 0.25) is 5.02 Å². The van der Waals surface area contributed by atoms with Crippen molar-refractivity contribution in [3.63, 3.8) is 0 Å². The molecule has 150 valence electrons. The number of halogens is 1. The molecule has 1 aliphatic rings. The Kier molecular flexibility index (Phi) is 7.24. The second kappa shape index (κ2) is 9.65. The van der Waals surface area contributed by atoms with Crippen LogP contribution in [0.25, 0.3) is 0 Å². The van der Waals surface area contributed by atoms with Crippen molar-refractivity contribution < 1.29 is 14.7 Å². The van der Waals surface area contributed by atoms with E-state index in [0.717, 1.165) is 42.1 Å². The van der Waals surface area contributed by atoms with E-state index in [9.17, 15) is 9.59 Å². The lowest BCUT2D eigenvalue weighted by atomic mass is 9.98. The predicted molar refractivity (Wildman–Crippen MR) is 112 cm³/mol. The largest absolute Gasteiger partial charge is 0.395 e. The molecule has 0 atom stereocenters. The van der Waals surface area contributed by atoms with Crippen LogP contribution < -0.4 is 5.32 Å². The third-order valence-electron chi connectivity index (χ3n) is 4.95. The highest BCUT2D eigenvalue weighted by molar-refractivity contribution is 7.12. The molecule has 1 amide bonds. The summed E-state index contributed by atoms with van der Waals surface area (Å²) in [6.45, 7) is 4.94. The summed E-state index contributed by atoms with van der Waals surface area (Å²) in [4.78, 5) is 29.8. The van der Waals surface area contributed by atoms with Crippen LogP contribution in [0.4, 0.5) is 0 Å². The molecule has 0 bridgehead atoms. The van der Waals surface area contributed by atoms with Gasteiger partial charge in [0.2, 0.25) is 0 Å². The minimum Gasteiger partial charge on any atom is -0.395 e. The van der Waals surface area contributed by atoms with Crippen molar-refractivity contribution in [2.24, 2.45) is 0 Å². The molecule has 28 heavy (non-hydrogen) atoms. The first-order chi connectivity index (χ1) is 13.5. The standard InChI is InChI=1S/C21H25ClN2O3S/c1-2-24-9-7-17-19(13-24)28-18(20(17)21(27)23-8-10-25)12-16(26)11-14-3-5-15(22)6-4-14/h3-6,25H,2,7-13H2,1H3,(H,23,27). The monoisotopic (exact) mass is 420 g/mol. The van der Waals surface area contributed by atoms with Crippen molar-refractivity contribution in [2.75, 3.05) is 26.2 Å². The molecule has 7 heteroatoms. The minimum atomic E-state index is -0.189. The predicted octanol–water partition coefficient (Wildman–Crippen LogP) is 2.86. The number of rotatable bonds is 8. The van der Waals surface area contributed by atoms with Crippen molar-refractivity contribution in [2.45, 2.75) is 32.7 Å². The maximum Gasteiger partial charge on any atom is 0.252 e. The molecule has 0 aliphatic carbocycles. The molecule has 2 heterocycles. The molecule has 1 aromatic carbocycles. The average Bonchev–Trinajstić information content (AvgIpc) is 3.04. The highest BCUT2D eigenvalue weighted by Crippen LogP contribution is 2.34. The zero-order valence-corrected chi connectivity index (χ0v) is 17.5. The Morgan fingerprint density at radius 1 is 1.25 bits per heavy atom. The van der Waals surface area contributed by atoms with Crippen LogP contribution in [-0.4, -0.2) is 47.9 Å². The molecule has 2 N–H and O–H groups in total. The Morgan fingerprint density at radius 2 is 2.00 bits per heavy atom. The van der Waals surface area contributed by atoms with Crippen LogP contribution >= 0.6 is 22.9 Å². The zero-order valence-electron chi connectivity index (χ0n) is 16.0. The van der Waals surface area contributed by atoms with Gasteiger partial charge in [-0.05, 0) is 36.2 Å². The van der Waals surface area contributed by atoms with Gasteiger partial charge in [0, 0.05) is 47.3 Å². The lowest BCUT2D eigenvalue weighted by Gasteiger charge is -2.25. The number of aliphatic hydroxyl groups is 1. The number of benzene rings is 1. The quantitative estimate of drug-likeness (QED) is 0.689. The SMILES string of the molecule is CCN1CCc2c(sc(CC(=O)Cc3ccc(Cl)cc3)c2C(=O)NCCO)C1. The number of carbonyl (C=O) groups excluding carboxylic acids is 2. The van der Waals surface area contributed by atoms with Crippen molar-refractivity contribution in [1.29, 1.82) is 0 Å². The first-order valence-electron chi connectivity index (χ1n) is 9.52. The molecule has 0 unspecified atom stereocenters. The summed E-state index contributed by atoms with van der Waals surface area (Å²) in [6, 6.07) is 7.27. The number of hydrogen-bond acceptors (Lipinski definition) is 5. The fourth-order valence-corrected chi connectivity index (χ4v) is 5.05. The number of likely N-dealkylation sites (N-methyl/N-ethyl adjacent to an activating group) is 1. The number of fused-ring (bicyclic) bond motifs is 1. The van der Waals surface area contributed by atoms with Crippen LogP contribution in [0.1, 0.15) is 38.2 Å². The Labute approximate surface area is 174 Å². The lowest BCUT2D eigenvalue weighted by molar-refractivity contribution is -0.117. The number of aliphatic hydroxyl groups excluding tert-OH is 1. The fraction of sp³-hybridized carbons (Fsp3) is 0.429. The number of amides is 1.